The van der Waals surface area contributed by atoms with E-state index in [0.29, 0.717) is 17.1 Å². The number of benzene rings is 1. The lowest BCUT2D eigenvalue weighted by Crippen LogP contribution is -2.12. The highest BCUT2D eigenvalue weighted by molar-refractivity contribution is 9.10. The Labute approximate surface area is 94.9 Å². The van der Waals surface area contributed by atoms with Crippen LogP contribution in [-0.4, -0.2) is 24.8 Å². The van der Waals surface area contributed by atoms with Gasteiger partial charge in [-0.05, 0) is 28.1 Å². The van der Waals surface area contributed by atoms with Crippen molar-refractivity contribution in [2.45, 2.75) is 5.92 Å². The van der Waals surface area contributed by atoms with E-state index in [9.17, 15) is 4.79 Å². The first kappa shape index (κ1) is 10.3. The number of carbonyl (C=O) groups is 1. The van der Waals surface area contributed by atoms with Gasteiger partial charge >= 0.3 is 5.97 Å². The molecule has 1 aromatic rings. The van der Waals surface area contributed by atoms with Crippen molar-refractivity contribution in [3.63, 3.8) is 0 Å². The number of aliphatic carboxylic acids is 1. The van der Waals surface area contributed by atoms with Crippen molar-refractivity contribution in [2.75, 3.05) is 13.7 Å². The van der Waals surface area contributed by atoms with Crippen molar-refractivity contribution in [1.82, 2.24) is 0 Å². The van der Waals surface area contributed by atoms with Crippen LogP contribution in [0, 0.1) is 0 Å². The topological polar surface area (TPSA) is 55.8 Å². The molecule has 0 amide bonds. The summed E-state index contributed by atoms with van der Waals surface area (Å²) in [6.45, 7) is 0.177. The lowest BCUT2D eigenvalue weighted by atomic mass is 10.0. The molecule has 0 aliphatic carbocycles. The van der Waals surface area contributed by atoms with Gasteiger partial charge in [-0.2, -0.15) is 0 Å². The van der Waals surface area contributed by atoms with E-state index in [1.54, 1.807) is 19.2 Å². The lowest BCUT2D eigenvalue weighted by Gasteiger charge is -2.06. The molecule has 2 rings (SSSR count). The molecule has 4 nitrogen and oxygen atoms in total. The molecule has 0 spiro atoms. The smallest absolute Gasteiger partial charge is 0.314 e. The second-order valence-corrected chi connectivity index (χ2v) is 4.08. The Morgan fingerprint density at radius 2 is 2.40 bits per heavy atom. The van der Waals surface area contributed by atoms with E-state index in [4.69, 9.17) is 14.6 Å². The molecule has 0 radical (unpaired) electrons. The number of ether oxygens (including phenoxy) is 2. The van der Waals surface area contributed by atoms with Crippen LogP contribution >= 0.6 is 15.9 Å². The summed E-state index contributed by atoms with van der Waals surface area (Å²) in [5.74, 6) is -0.263. The third kappa shape index (κ3) is 1.67. The molecule has 1 aliphatic heterocycles. The predicted octanol–water partition coefficient (Wildman–Crippen LogP) is 2.02. The number of hydrogen-bond donors (Lipinski definition) is 1. The van der Waals surface area contributed by atoms with Gasteiger partial charge in [-0.3, -0.25) is 4.79 Å². The largest absolute Gasteiger partial charge is 0.497 e. The second-order valence-electron chi connectivity index (χ2n) is 3.23. The Bertz CT molecular complexity index is 416. The molecule has 0 bridgehead atoms. The van der Waals surface area contributed by atoms with Crippen LogP contribution in [0.5, 0.6) is 11.5 Å². The zero-order valence-corrected chi connectivity index (χ0v) is 9.58. The third-order valence-electron chi connectivity index (χ3n) is 2.35. The summed E-state index contributed by atoms with van der Waals surface area (Å²) in [7, 11) is 1.54. The van der Waals surface area contributed by atoms with Gasteiger partial charge in [-0.15, -0.1) is 0 Å². The molecule has 0 fully saturated rings. The van der Waals surface area contributed by atoms with E-state index in [0.717, 1.165) is 4.47 Å². The van der Waals surface area contributed by atoms with Gasteiger partial charge in [0.05, 0.1) is 11.6 Å². The van der Waals surface area contributed by atoms with Gasteiger partial charge in [0, 0.05) is 5.56 Å². The molecule has 1 unspecified atom stereocenters. The van der Waals surface area contributed by atoms with Gasteiger partial charge in [-0.25, -0.2) is 0 Å². The lowest BCUT2D eigenvalue weighted by molar-refractivity contribution is -0.138. The van der Waals surface area contributed by atoms with Gasteiger partial charge < -0.3 is 14.6 Å². The van der Waals surface area contributed by atoms with E-state index in [1.165, 1.54) is 0 Å². The number of carboxylic acids is 1. The first-order chi connectivity index (χ1) is 7.13. The average Bonchev–Trinajstić information content (AvgIpc) is 2.61. The maximum absolute atomic E-state index is 10.9. The standard InChI is InChI=1S/C10H9BrO4/c1-14-5-2-6-7(10(12)13)4-15-9(6)8(11)3-5/h2-3,7H,4H2,1H3,(H,12,13). The zero-order valence-electron chi connectivity index (χ0n) is 7.99. The maximum Gasteiger partial charge on any atom is 0.314 e. The summed E-state index contributed by atoms with van der Waals surface area (Å²) in [6, 6.07) is 3.45. The van der Waals surface area contributed by atoms with Gasteiger partial charge in [0.15, 0.2) is 0 Å². The zero-order chi connectivity index (χ0) is 11.0. The minimum Gasteiger partial charge on any atom is -0.497 e. The Morgan fingerprint density at radius 3 is 3.00 bits per heavy atom. The molecule has 1 aliphatic rings. The third-order valence-corrected chi connectivity index (χ3v) is 2.94. The Hall–Kier alpha value is -1.23. The van der Waals surface area contributed by atoms with Gasteiger partial charge in [-0.1, -0.05) is 0 Å². The number of halogens is 1. The number of methoxy groups -OCH3 is 1. The monoisotopic (exact) mass is 272 g/mol. The quantitative estimate of drug-likeness (QED) is 0.895. The van der Waals surface area contributed by atoms with Crippen LogP contribution in [0.4, 0.5) is 0 Å². The van der Waals surface area contributed by atoms with Crippen LogP contribution in [-0.2, 0) is 4.79 Å². The number of rotatable bonds is 2. The minimum absolute atomic E-state index is 0.177. The van der Waals surface area contributed by atoms with Crippen molar-refractivity contribution in [3.05, 3.63) is 22.2 Å². The molecule has 1 aromatic carbocycles. The van der Waals surface area contributed by atoms with Crippen LogP contribution < -0.4 is 9.47 Å². The molecule has 0 aromatic heterocycles. The van der Waals surface area contributed by atoms with Crippen molar-refractivity contribution >= 4 is 21.9 Å². The number of carboxylic acid groups (broad SMARTS) is 1. The fourth-order valence-corrected chi connectivity index (χ4v) is 2.15. The van der Waals surface area contributed by atoms with E-state index < -0.39 is 11.9 Å². The van der Waals surface area contributed by atoms with E-state index >= 15 is 0 Å². The van der Waals surface area contributed by atoms with Gasteiger partial charge in [0.25, 0.3) is 0 Å². The first-order valence-electron chi connectivity index (χ1n) is 4.36. The molecular formula is C10H9BrO4. The normalized spacial score (nSPS) is 18.1. The molecule has 0 saturated carbocycles. The van der Waals surface area contributed by atoms with Crippen molar-refractivity contribution in [3.8, 4) is 11.5 Å². The molecular weight excluding hydrogens is 264 g/mol. The molecule has 80 valence electrons. The predicted molar refractivity (Wildman–Crippen MR) is 56.6 cm³/mol. The fraction of sp³-hybridized carbons (Fsp3) is 0.300. The molecule has 15 heavy (non-hydrogen) atoms. The molecule has 0 saturated heterocycles. The van der Waals surface area contributed by atoms with E-state index in [1.807, 2.05) is 0 Å². The van der Waals surface area contributed by atoms with Crippen molar-refractivity contribution in [1.29, 1.82) is 0 Å². The summed E-state index contributed by atoms with van der Waals surface area (Å²) >= 11 is 3.32. The van der Waals surface area contributed by atoms with Crippen LogP contribution in [0.15, 0.2) is 16.6 Å². The first-order valence-corrected chi connectivity index (χ1v) is 5.16. The number of fused-ring (bicyclic) bond motifs is 1. The van der Waals surface area contributed by atoms with E-state index in [-0.39, 0.29) is 6.61 Å². The molecule has 5 heteroatoms. The Morgan fingerprint density at radius 1 is 1.67 bits per heavy atom. The fourth-order valence-electron chi connectivity index (χ4n) is 1.58. The second kappa shape index (κ2) is 3.73. The summed E-state index contributed by atoms with van der Waals surface area (Å²) in [5, 5.41) is 8.98. The number of hydrogen-bond acceptors (Lipinski definition) is 3. The highest BCUT2D eigenvalue weighted by Crippen LogP contribution is 2.42. The van der Waals surface area contributed by atoms with Crippen LogP contribution in [0.25, 0.3) is 0 Å². The van der Waals surface area contributed by atoms with Gasteiger partial charge in [0.1, 0.15) is 24.0 Å². The Balaban J connectivity index is 2.51. The maximum atomic E-state index is 10.9. The van der Waals surface area contributed by atoms with Crippen LogP contribution in [0.3, 0.4) is 0 Å². The SMILES string of the molecule is COc1cc(Br)c2c(c1)C(C(=O)O)CO2. The van der Waals surface area contributed by atoms with Crippen molar-refractivity contribution < 1.29 is 19.4 Å². The van der Waals surface area contributed by atoms with Crippen LogP contribution in [0.2, 0.25) is 0 Å². The highest BCUT2D eigenvalue weighted by Gasteiger charge is 2.32. The highest BCUT2D eigenvalue weighted by atomic mass is 79.9. The molecule has 1 N–H and O–H groups in total. The van der Waals surface area contributed by atoms with E-state index in [2.05, 4.69) is 15.9 Å². The van der Waals surface area contributed by atoms with Crippen molar-refractivity contribution in [2.24, 2.45) is 0 Å². The minimum atomic E-state index is -0.881. The molecule has 1 heterocycles. The molecule has 1 atom stereocenters. The summed E-state index contributed by atoms with van der Waals surface area (Å²) in [5.41, 5.74) is 0.661. The summed E-state index contributed by atoms with van der Waals surface area (Å²) in [4.78, 5) is 10.9. The Kier molecular flexibility index (Phi) is 2.56. The average molecular weight is 273 g/mol. The summed E-state index contributed by atoms with van der Waals surface area (Å²) < 4.78 is 11.1. The van der Waals surface area contributed by atoms with Crippen LogP contribution in [0.1, 0.15) is 11.5 Å². The van der Waals surface area contributed by atoms with Gasteiger partial charge in [0.2, 0.25) is 0 Å². The summed E-state index contributed by atoms with van der Waals surface area (Å²) in [6.07, 6.45) is 0.